The molecule has 1 atom stereocenters. The Bertz CT molecular complexity index is 277. The zero-order chi connectivity index (χ0) is 15.1. The second kappa shape index (κ2) is 8.53. The molecule has 1 unspecified atom stereocenters. The van der Waals surface area contributed by atoms with Gasteiger partial charge < -0.3 is 9.64 Å². The van der Waals surface area contributed by atoms with E-state index in [2.05, 4.69) is 18.7 Å². The molecule has 0 aromatic carbocycles. The van der Waals surface area contributed by atoms with Crippen LogP contribution in [0.15, 0.2) is 0 Å². The fraction of sp³-hybridized carbons (Fsp3) is 1.00. The monoisotopic (exact) mass is 295 g/mol. The lowest BCUT2D eigenvalue weighted by Gasteiger charge is -2.49. The Hall–Kier alpha value is -0.0800. The summed E-state index contributed by atoms with van der Waals surface area (Å²) < 4.78 is 5.84. The van der Waals surface area contributed by atoms with Crippen molar-refractivity contribution in [3.05, 3.63) is 0 Å². The molecular formula is C19H37NO. The molecule has 2 aliphatic rings. The average molecular weight is 296 g/mol. The molecule has 0 aromatic rings. The highest BCUT2D eigenvalue weighted by Crippen LogP contribution is 2.50. The lowest BCUT2D eigenvalue weighted by Crippen LogP contribution is -2.50. The maximum Gasteiger partial charge on any atom is 0.0536 e. The Morgan fingerprint density at radius 3 is 1.76 bits per heavy atom. The summed E-state index contributed by atoms with van der Waals surface area (Å²) in [4.78, 5) is 2.66. The molecule has 0 aromatic heterocycles. The van der Waals surface area contributed by atoms with Crippen molar-refractivity contribution in [2.45, 2.75) is 71.6 Å². The minimum Gasteiger partial charge on any atom is -0.384 e. The van der Waals surface area contributed by atoms with Crippen LogP contribution in [-0.2, 0) is 4.74 Å². The molecule has 0 N–H and O–H groups in total. The van der Waals surface area contributed by atoms with Gasteiger partial charge in [-0.25, -0.2) is 0 Å². The van der Waals surface area contributed by atoms with E-state index in [0.717, 1.165) is 18.4 Å². The molecule has 0 amide bonds. The van der Waals surface area contributed by atoms with E-state index in [1.807, 2.05) is 7.11 Å². The van der Waals surface area contributed by atoms with Gasteiger partial charge in [-0.3, -0.25) is 0 Å². The summed E-state index contributed by atoms with van der Waals surface area (Å²) in [5.41, 5.74) is 0.428. The van der Waals surface area contributed by atoms with Crippen LogP contribution in [0.25, 0.3) is 0 Å². The Balaban J connectivity index is 2.22. The highest BCUT2D eigenvalue weighted by molar-refractivity contribution is 4.97. The van der Waals surface area contributed by atoms with Gasteiger partial charge in [-0.2, -0.15) is 0 Å². The van der Waals surface area contributed by atoms with Crippen LogP contribution in [0.3, 0.4) is 0 Å². The minimum absolute atomic E-state index is 0.428. The number of hydrogen-bond acceptors (Lipinski definition) is 2. The van der Waals surface area contributed by atoms with Crippen LogP contribution in [0.4, 0.5) is 0 Å². The number of rotatable bonds is 8. The molecule has 0 bridgehead atoms. The second-order valence-corrected chi connectivity index (χ2v) is 7.44. The highest BCUT2D eigenvalue weighted by atomic mass is 16.5. The largest absolute Gasteiger partial charge is 0.384 e. The van der Waals surface area contributed by atoms with Crippen LogP contribution in [0, 0.1) is 17.3 Å². The minimum atomic E-state index is 0.428. The van der Waals surface area contributed by atoms with E-state index in [9.17, 15) is 0 Å². The van der Waals surface area contributed by atoms with Gasteiger partial charge in [-0.1, -0.05) is 46.0 Å². The number of nitrogens with zero attached hydrogens (tertiary/aromatic N) is 1. The van der Waals surface area contributed by atoms with E-state index in [4.69, 9.17) is 4.74 Å². The molecule has 21 heavy (non-hydrogen) atoms. The van der Waals surface area contributed by atoms with Gasteiger partial charge in [0.15, 0.2) is 0 Å². The number of hydrogen-bond donors (Lipinski definition) is 0. The first-order valence-electron chi connectivity index (χ1n) is 9.48. The van der Waals surface area contributed by atoms with E-state index >= 15 is 0 Å². The number of ether oxygens (including phenoxy) is 1. The van der Waals surface area contributed by atoms with E-state index in [-0.39, 0.29) is 0 Å². The summed E-state index contributed by atoms with van der Waals surface area (Å²) in [5.74, 6) is 1.80. The lowest BCUT2D eigenvalue weighted by atomic mass is 9.61. The average Bonchev–Trinajstić information content (AvgIpc) is 3.07. The quantitative estimate of drug-likeness (QED) is 0.642. The highest BCUT2D eigenvalue weighted by Gasteiger charge is 2.46. The first-order valence-corrected chi connectivity index (χ1v) is 9.48. The predicted molar refractivity (Wildman–Crippen MR) is 90.6 cm³/mol. The SMILES string of the molecule is CCN(CC)CC(COC)(C1CCCCC1)C1CCCC1. The van der Waals surface area contributed by atoms with E-state index in [1.54, 1.807) is 0 Å². The summed E-state index contributed by atoms with van der Waals surface area (Å²) in [6.45, 7) is 9.25. The van der Waals surface area contributed by atoms with Crippen LogP contribution >= 0.6 is 0 Å². The van der Waals surface area contributed by atoms with Crippen molar-refractivity contribution >= 4 is 0 Å². The zero-order valence-corrected chi connectivity index (χ0v) is 14.7. The molecule has 0 spiro atoms. The summed E-state index contributed by atoms with van der Waals surface area (Å²) in [7, 11) is 1.93. The van der Waals surface area contributed by atoms with Crippen LogP contribution in [0.2, 0.25) is 0 Å². The van der Waals surface area contributed by atoms with Gasteiger partial charge in [0.2, 0.25) is 0 Å². The lowest BCUT2D eigenvalue weighted by molar-refractivity contribution is -0.0522. The molecule has 2 nitrogen and oxygen atoms in total. The molecular weight excluding hydrogens is 258 g/mol. The van der Waals surface area contributed by atoms with Crippen molar-refractivity contribution < 1.29 is 4.74 Å². The van der Waals surface area contributed by atoms with Crippen molar-refractivity contribution in [2.24, 2.45) is 17.3 Å². The van der Waals surface area contributed by atoms with Gasteiger partial charge in [0.05, 0.1) is 6.61 Å². The second-order valence-electron chi connectivity index (χ2n) is 7.44. The molecule has 2 heteroatoms. The maximum absolute atomic E-state index is 5.84. The fourth-order valence-electron chi connectivity index (χ4n) is 5.18. The standard InChI is InChI=1S/C19H37NO/c1-4-20(5-2)15-19(16-21-3,18-13-9-10-14-18)17-11-7-6-8-12-17/h17-18H,4-16H2,1-3H3. The van der Waals surface area contributed by atoms with Crippen LogP contribution in [-0.4, -0.2) is 38.3 Å². The Morgan fingerprint density at radius 2 is 1.33 bits per heavy atom. The zero-order valence-electron chi connectivity index (χ0n) is 14.7. The van der Waals surface area contributed by atoms with Gasteiger partial charge in [-0.05, 0) is 50.6 Å². The van der Waals surface area contributed by atoms with Gasteiger partial charge >= 0.3 is 0 Å². The molecule has 2 fully saturated rings. The van der Waals surface area contributed by atoms with Crippen LogP contribution in [0.1, 0.15) is 71.6 Å². The van der Waals surface area contributed by atoms with Crippen molar-refractivity contribution in [1.82, 2.24) is 4.90 Å². The molecule has 2 aliphatic carbocycles. The summed E-state index contributed by atoms with van der Waals surface area (Å²) in [6.07, 6.45) is 13.0. The van der Waals surface area contributed by atoms with Crippen LogP contribution < -0.4 is 0 Å². The first kappa shape index (κ1) is 17.3. The summed E-state index contributed by atoms with van der Waals surface area (Å²) >= 11 is 0. The van der Waals surface area contributed by atoms with Crippen molar-refractivity contribution in [3.63, 3.8) is 0 Å². The smallest absolute Gasteiger partial charge is 0.0536 e. The molecule has 0 heterocycles. The van der Waals surface area contributed by atoms with E-state index in [0.29, 0.717) is 5.41 Å². The van der Waals surface area contributed by atoms with E-state index in [1.165, 1.54) is 77.4 Å². The number of methoxy groups -OCH3 is 1. The van der Waals surface area contributed by atoms with E-state index < -0.39 is 0 Å². The Morgan fingerprint density at radius 1 is 0.857 bits per heavy atom. The summed E-state index contributed by atoms with van der Waals surface area (Å²) in [5, 5.41) is 0. The van der Waals surface area contributed by atoms with Crippen molar-refractivity contribution in [2.75, 3.05) is 33.4 Å². The molecule has 0 aliphatic heterocycles. The fourth-order valence-corrected chi connectivity index (χ4v) is 5.18. The molecule has 0 radical (unpaired) electrons. The Labute approximate surface area is 132 Å². The van der Waals surface area contributed by atoms with Crippen molar-refractivity contribution in [1.29, 1.82) is 0 Å². The summed E-state index contributed by atoms with van der Waals surface area (Å²) in [6, 6.07) is 0. The molecule has 2 saturated carbocycles. The molecule has 124 valence electrons. The third-order valence-electron chi connectivity index (χ3n) is 6.41. The van der Waals surface area contributed by atoms with Gasteiger partial charge in [0.25, 0.3) is 0 Å². The van der Waals surface area contributed by atoms with Gasteiger partial charge in [-0.15, -0.1) is 0 Å². The molecule has 0 saturated heterocycles. The maximum atomic E-state index is 5.84. The van der Waals surface area contributed by atoms with Crippen molar-refractivity contribution in [3.8, 4) is 0 Å². The van der Waals surface area contributed by atoms with Gasteiger partial charge in [0.1, 0.15) is 0 Å². The van der Waals surface area contributed by atoms with Gasteiger partial charge in [0, 0.05) is 19.1 Å². The first-order chi connectivity index (χ1) is 10.3. The topological polar surface area (TPSA) is 12.5 Å². The predicted octanol–water partition coefficient (Wildman–Crippen LogP) is 4.73. The third-order valence-corrected chi connectivity index (χ3v) is 6.41. The Kier molecular flexibility index (Phi) is 7.01. The third kappa shape index (κ3) is 4.01. The molecule has 2 rings (SSSR count). The normalized spacial score (nSPS) is 24.6. The van der Waals surface area contributed by atoms with Crippen LogP contribution in [0.5, 0.6) is 0 Å².